The molecule has 1 fully saturated rings. The molecule has 0 aromatic carbocycles. The Morgan fingerprint density at radius 1 is 1.39 bits per heavy atom. The van der Waals surface area contributed by atoms with Crippen LogP contribution in [0.4, 0.5) is 5.82 Å². The summed E-state index contributed by atoms with van der Waals surface area (Å²) in [6, 6.07) is 0. The van der Waals surface area contributed by atoms with E-state index in [1.165, 1.54) is 10.6 Å². The molecule has 6 nitrogen and oxygen atoms in total. The number of hydrogen-bond donors (Lipinski definition) is 1. The quantitative estimate of drug-likeness (QED) is 0.873. The fourth-order valence-corrected chi connectivity index (χ4v) is 3.22. The molecule has 1 atom stereocenters. The highest BCUT2D eigenvalue weighted by Crippen LogP contribution is 2.29. The van der Waals surface area contributed by atoms with Gasteiger partial charge in [0, 0.05) is 38.4 Å². The standard InChI is InChI=1S/C11H18N4O2S/c1-12-11-10(13-5-6-14-11)9-4-3-7-15(8-9)18(2,16)17/h5-6,9H,3-4,7-8H2,1-2H3,(H,12,14)/t9-/m1/s1. The summed E-state index contributed by atoms with van der Waals surface area (Å²) < 4.78 is 24.7. The molecule has 0 radical (unpaired) electrons. The zero-order chi connectivity index (χ0) is 13.2. The maximum absolute atomic E-state index is 11.6. The van der Waals surface area contributed by atoms with Gasteiger partial charge in [0.15, 0.2) is 0 Å². The lowest BCUT2D eigenvalue weighted by molar-refractivity contribution is 0.314. The first kappa shape index (κ1) is 13.2. The molecule has 1 N–H and O–H groups in total. The summed E-state index contributed by atoms with van der Waals surface area (Å²) in [6.07, 6.45) is 6.34. The van der Waals surface area contributed by atoms with Crippen molar-refractivity contribution in [2.24, 2.45) is 0 Å². The number of piperidine rings is 1. The Kier molecular flexibility index (Phi) is 3.82. The summed E-state index contributed by atoms with van der Waals surface area (Å²) in [6.45, 7) is 1.09. The minimum Gasteiger partial charge on any atom is -0.372 e. The van der Waals surface area contributed by atoms with E-state index in [1.807, 2.05) is 0 Å². The van der Waals surface area contributed by atoms with Crippen LogP contribution in [0.25, 0.3) is 0 Å². The molecule has 0 unspecified atom stereocenters. The third-order valence-electron chi connectivity index (χ3n) is 3.20. The Labute approximate surface area is 107 Å². The summed E-state index contributed by atoms with van der Waals surface area (Å²) in [4.78, 5) is 8.56. The van der Waals surface area contributed by atoms with E-state index in [1.54, 1.807) is 19.4 Å². The molecule has 0 aliphatic carbocycles. The lowest BCUT2D eigenvalue weighted by Crippen LogP contribution is -2.38. The normalized spacial score (nSPS) is 21.8. The number of aromatic nitrogens is 2. The second-order valence-electron chi connectivity index (χ2n) is 4.50. The Morgan fingerprint density at radius 2 is 2.11 bits per heavy atom. The molecule has 1 aliphatic rings. The molecule has 1 aliphatic heterocycles. The van der Waals surface area contributed by atoms with Crippen molar-refractivity contribution in [1.29, 1.82) is 0 Å². The van der Waals surface area contributed by atoms with Crippen molar-refractivity contribution < 1.29 is 8.42 Å². The zero-order valence-corrected chi connectivity index (χ0v) is 11.4. The highest BCUT2D eigenvalue weighted by Gasteiger charge is 2.29. The smallest absolute Gasteiger partial charge is 0.211 e. The van der Waals surface area contributed by atoms with E-state index in [0.29, 0.717) is 13.1 Å². The molecular formula is C11H18N4O2S. The van der Waals surface area contributed by atoms with Crippen molar-refractivity contribution in [2.45, 2.75) is 18.8 Å². The molecule has 1 aromatic heterocycles. The van der Waals surface area contributed by atoms with Gasteiger partial charge in [-0.3, -0.25) is 4.98 Å². The second kappa shape index (κ2) is 5.19. The van der Waals surface area contributed by atoms with Crippen molar-refractivity contribution >= 4 is 15.8 Å². The largest absolute Gasteiger partial charge is 0.372 e. The summed E-state index contributed by atoms with van der Waals surface area (Å²) in [5.41, 5.74) is 0.855. The Balaban J connectivity index is 2.23. The number of nitrogens with one attached hydrogen (secondary N) is 1. The van der Waals surface area contributed by atoms with Gasteiger partial charge in [0.2, 0.25) is 10.0 Å². The van der Waals surface area contributed by atoms with E-state index in [2.05, 4.69) is 15.3 Å². The molecule has 0 amide bonds. The van der Waals surface area contributed by atoms with Crippen LogP contribution in [0, 0.1) is 0 Å². The minimum atomic E-state index is -3.12. The average molecular weight is 270 g/mol. The highest BCUT2D eigenvalue weighted by molar-refractivity contribution is 7.88. The lowest BCUT2D eigenvalue weighted by atomic mass is 9.96. The molecule has 1 aromatic rings. The van der Waals surface area contributed by atoms with Crippen molar-refractivity contribution in [1.82, 2.24) is 14.3 Å². The van der Waals surface area contributed by atoms with Gasteiger partial charge in [-0.15, -0.1) is 0 Å². The number of rotatable bonds is 3. The first-order valence-corrected chi connectivity index (χ1v) is 7.81. The minimum absolute atomic E-state index is 0.115. The van der Waals surface area contributed by atoms with E-state index in [0.717, 1.165) is 24.4 Å². The first-order chi connectivity index (χ1) is 8.52. The second-order valence-corrected chi connectivity index (χ2v) is 6.48. The van der Waals surface area contributed by atoms with Gasteiger partial charge >= 0.3 is 0 Å². The number of sulfonamides is 1. The van der Waals surface area contributed by atoms with E-state index >= 15 is 0 Å². The average Bonchev–Trinajstić information content (AvgIpc) is 2.38. The van der Waals surface area contributed by atoms with Gasteiger partial charge in [-0.2, -0.15) is 0 Å². The molecule has 0 spiro atoms. The molecule has 7 heteroatoms. The summed E-state index contributed by atoms with van der Waals surface area (Å²) in [5.74, 6) is 0.850. The van der Waals surface area contributed by atoms with E-state index in [-0.39, 0.29) is 5.92 Å². The molecule has 0 saturated carbocycles. The van der Waals surface area contributed by atoms with Gasteiger partial charge in [-0.05, 0) is 12.8 Å². The topological polar surface area (TPSA) is 75.2 Å². The van der Waals surface area contributed by atoms with Crippen LogP contribution < -0.4 is 5.32 Å². The third kappa shape index (κ3) is 2.78. The summed E-state index contributed by atoms with van der Waals surface area (Å²) in [5, 5.41) is 3.00. The van der Waals surface area contributed by atoms with Gasteiger partial charge in [-0.25, -0.2) is 17.7 Å². The molecule has 100 valence electrons. The van der Waals surface area contributed by atoms with Crippen LogP contribution in [0.5, 0.6) is 0 Å². The third-order valence-corrected chi connectivity index (χ3v) is 4.47. The fraction of sp³-hybridized carbons (Fsp3) is 0.636. The van der Waals surface area contributed by atoms with Gasteiger partial charge in [0.25, 0.3) is 0 Å². The van der Waals surface area contributed by atoms with Crippen LogP contribution in [-0.4, -0.2) is 49.1 Å². The SMILES string of the molecule is CNc1nccnc1[C@@H]1CCCN(S(C)(=O)=O)C1. The van der Waals surface area contributed by atoms with Gasteiger partial charge in [0.1, 0.15) is 5.82 Å². The molecular weight excluding hydrogens is 252 g/mol. The fourth-order valence-electron chi connectivity index (χ4n) is 2.31. The van der Waals surface area contributed by atoms with E-state index < -0.39 is 10.0 Å². The van der Waals surface area contributed by atoms with Crippen molar-refractivity contribution in [3.05, 3.63) is 18.1 Å². The maximum Gasteiger partial charge on any atom is 0.211 e. The molecule has 2 heterocycles. The van der Waals surface area contributed by atoms with Gasteiger partial charge in [0.05, 0.1) is 11.9 Å². The zero-order valence-electron chi connectivity index (χ0n) is 10.6. The Hall–Kier alpha value is -1.21. The first-order valence-electron chi connectivity index (χ1n) is 5.96. The molecule has 18 heavy (non-hydrogen) atoms. The van der Waals surface area contributed by atoms with Crippen LogP contribution >= 0.6 is 0 Å². The predicted molar refractivity (Wildman–Crippen MR) is 70.0 cm³/mol. The van der Waals surface area contributed by atoms with Gasteiger partial charge < -0.3 is 5.32 Å². The van der Waals surface area contributed by atoms with Crippen molar-refractivity contribution in [3.8, 4) is 0 Å². The Bertz CT molecular complexity index is 518. The molecule has 1 saturated heterocycles. The van der Waals surface area contributed by atoms with Crippen LogP contribution in [0.15, 0.2) is 12.4 Å². The number of nitrogens with zero attached hydrogens (tertiary/aromatic N) is 3. The van der Waals surface area contributed by atoms with E-state index in [4.69, 9.17) is 0 Å². The van der Waals surface area contributed by atoms with Crippen molar-refractivity contribution in [3.63, 3.8) is 0 Å². The van der Waals surface area contributed by atoms with Crippen LogP contribution in [0.1, 0.15) is 24.5 Å². The molecule has 2 rings (SSSR count). The number of hydrogen-bond acceptors (Lipinski definition) is 5. The van der Waals surface area contributed by atoms with Crippen LogP contribution in [-0.2, 0) is 10.0 Å². The monoisotopic (exact) mass is 270 g/mol. The van der Waals surface area contributed by atoms with Gasteiger partial charge in [-0.1, -0.05) is 0 Å². The highest BCUT2D eigenvalue weighted by atomic mass is 32.2. The summed E-state index contributed by atoms with van der Waals surface area (Å²) >= 11 is 0. The molecule has 0 bridgehead atoms. The van der Waals surface area contributed by atoms with Crippen LogP contribution in [0.3, 0.4) is 0 Å². The van der Waals surface area contributed by atoms with Crippen LogP contribution in [0.2, 0.25) is 0 Å². The predicted octanol–water partition coefficient (Wildman–Crippen LogP) is 0.657. The lowest BCUT2D eigenvalue weighted by Gasteiger charge is -2.31. The Morgan fingerprint density at radius 3 is 2.78 bits per heavy atom. The summed E-state index contributed by atoms with van der Waals surface area (Å²) in [7, 11) is -1.33. The number of anilines is 1. The van der Waals surface area contributed by atoms with E-state index in [9.17, 15) is 8.42 Å². The maximum atomic E-state index is 11.6. The van der Waals surface area contributed by atoms with Crippen molar-refractivity contribution in [2.75, 3.05) is 31.7 Å².